The summed E-state index contributed by atoms with van der Waals surface area (Å²) in [6, 6.07) is 3.27. The van der Waals surface area contributed by atoms with Gasteiger partial charge >= 0.3 is 0 Å². The van der Waals surface area contributed by atoms with E-state index in [1.807, 2.05) is 0 Å². The van der Waals surface area contributed by atoms with Crippen molar-refractivity contribution >= 4 is 11.8 Å². The van der Waals surface area contributed by atoms with Crippen LogP contribution in [0.1, 0.15) is 49.1 Å². The molecular weight excluding hydrogens is 256 g/mol. The first-order chi connectivity index (χ1) is 9.75. The van der Waals surface area contributed by atoms with Crippen molar-refractivity contribution in [2.24, 2.45) is 5.92 Å². The van der Waals surface area contributed by atoms with Gasteiger partial charge in [0.15, 0.2) is 5.76 Å². The first-order valence-corrected chi connectivity index (χ1v) is 7.34. The SMILES string of the molecule is O=C(CCC1CCCC1)NCCNC(=O)c1ccco1. The van der Waals surface area contributed by atoms with Crippen molar-refractivity contribution < 1.29 is 14.0 Å². The predicted octanol–water partition coefficient (Wildman–Crippen LogP) is 2.10. The van der Waals surface area contributed by atoms with Gasteiger partial charge in [-0.25, -0.2) is 0 Å². The molecule has 1 heterocycles. The van der Waals surface area contributed by atoms with Crippen LogP contribution >= 0.6 is 0 Å². The molecule has 2 rings (SSSR count). The number of carbonyl (C=O) groups is 2. The molecule has 110 valence electrons. The predicted molar refractivity (Wildman–Crippen MR) is 75.2 cm³/mol. The van der Waals surface area contributed by atoms with Crippen LogP contribution in [0.15, 0.2) is 22.8 Å². The van der Waals surface area contributed by atoms with Crippen LogP contribution in [0.5, 0.6) is 0 Å². The van der Waals surface area contributed by atoms with Crippen LogP contribution in [0.3, 0.4) is 0 Å². The van der Waals surface area contributed by atoms with Gasteiger partial charge in [0.2, 0.25) is 5.91 Å². The summed E-state index contributed by atoms with van der Waals surface area (Å²) in [5.41, 5.74) is 0. The second-order valence-electron chi connectivity index (χ2n) is 5.27. The van der Waals surface area contributed by atoms with E-state index in [1.165, 1.54) is 31.9 Å². The van der Waals surface area contributed by atoms with Crippen LogP contribution in [0.2, 0.25) is 0 Å². The van der Waals surface area contributed by atoms with Gasteiger partial charge in [0.1, 0.15) is 0 Å². The van der Waals surface area contributed by atoms with Gasteiger partial charge in [0.25, 0.3) is 5.91 Å². The fraction of sp³-hybridized carbons (Fsp3) is 0.600. The number of furan rings is 1. The Morgan fingerprint density at radius 3 is 2.65 bits per heavy atom. The molecule has 0 radical (unpaired) electrons. The molecule has 0 atom stereocenters. The van der Waals surface area contributed by atoms with E-state index in [-0.39, 0.29) is 17.6 Å². The summed E-state index contributed by atoms with van der Waals surface area (Å²) in [6.45, 7) is 0.866. The number of amides is 2. The lowest BCUT2D eigenvalue weighted by molar-refractivity contribution is -0.121. The Labute approximate surface area is 119 Å². The summed E-state index contributed by atoms with van der Waals surface area (Å²) < 4.78 is 4.97. The molecule has 1 aliphatic carbocycles. The van der Waals surface area contributed by atoms with Crippen LogP contribution in [0.25, 0.3) is 0 Å². The Hall–Kier alpha value is -1.78. The van der Waals surface area contributed by atoms with E-state index in [0.717, 1.165) is 12.3 Å². The molecule has 1 aromatic rings. The number of hydrogen-bond acceptors (Lipinski definition) is 3. The lowest BCUT2D eigenvalue weighted by Crippen LogP contribution is -2.34. The zero-order chi connectivity index (χ0) is 14.2. The molecule has 0 saturated heterocycles. The molecule has 5 nitrogen and oxygen atoms in total. The molecule has 1 fully saturated rings. The normalized spacial score (nSPS) is 15.2. The summed E-state index contributed by atoms with van der Waals surface area (Å²) in [6.07, 6.45) is 8.20. The van der Waals surface area contributed by atoms with Crippen molar-refractivity contribution in [3.63, 3.8) is 0 Å². The number of hydrogen-bond donors (Lipinski definition) is 2. The quantitative estimate of drug-likeness (QED) is 0.750. The van der Waals surface area contributed by atoms with Gasteiger partial charge in [0.05, 0.1) is 6.26 Å². The van der Waals surface area contributed by atoms with E-state index in [1.54, 1.807) is 12.1 Å². The van der Waals surface area contributed by atoms with E-state index >= 15 is 0 Å². The monoisotopic (exact) mass is 278 g/mol. The second-order valence-corrected chi connectivity index (χ2v) is 5.27. The highest BCUT2D eigenvalue weighted by Gasteiger charge is 2.15. The fourth-order valence-corrected chi connectivity index (χ4v) is 2.60. The first kappa shape index (κ1) is 14.6. The molecule has 2 N–H and O–H groups in total. The van der Waals surface area contributed by atoms with Gasteiger partial charge in [-0.2, -0.15) is 0 Å². The maximum absolute atomic E-state index is 11.6. The number of rotatable bonds is 7. The number of carbonyl (C=O) groups excluding carboxylic acids is 2. The van der Waals surface area contributed by atoms with Gasteiger partial charge in [-0.1, -0.05) is 25.7 Å². The Kier molecular flexibility index (Phi) is 5.65. The minimum atomic E-state index is -0.254. The summed E-state index contributed by atoms with van der Waals surface area (Å²) in [5, 5.41) is 5.51. The largest absolute Gasteiger partial charge is 0.459 e. The van der Waals surface area contributed by atoms with Crippen molar-refractivity contribution in [2.45, 2.75) is 38.5 Å². The van der Waals surface area contributed by atoms with Crippen LogP contribution in [-0.2, 0) is 4.79 Å². The van der Waals surface area contributed by atoms with E-state index in [4.69, 9.17) is 4.42 Å². The molecule has 0 aromatic carbocycles. The van der Waals surface area contributed by atoms with Crippen molar-refractivity contribution in [3.8, 4) is 0 Å². The Balaban J connectivity index is 1.52. The van der Waals surface area contributed by atoms with Gasteiger partial charge in [-0.15, -0.1) is 0 Å². The third-order valence-electron chi connectivity index (χ3n) is 3.73. The van der Waals surface area contributed by atoms with Gasteiger partial charge in [-0.05, 0) is 24.5 Å². The molecular formula is C15H22N2O3. The van der Waals surface area contributed by atoms with Crippen molar-refractivity contribution in [3.05, 3.63) is 24.2 Å². The highest BCUT2D eigenvalue weighted by atomic mass is 16.3. The Morgan fingerprint density at radius 2 is 1.95 bits per heavy atom. The molecule has 0 bridgehead atoms. The maximum Gasteiger partial charge on any atom is 0.287 e. The highest BCUT2D eigenvalue weighted by molar-refractivity contribution is 5.91. The molecule has 0 unspecified atom stereocenters. The molecule has 1 aliphatic rings. The lowest BCUT2D eigenvalue weighted by Gasteiger charge is -2.09. The van der Waals surface area contributed by atoms with E-state index in [2.05, 4.69) is 10.6 Å². The van der Waals surface area contributed by atoms with E-state index in [0.29, 0.717) is 19.5 Å². The van der Waals surface area contributed by atoms with Gasteiger partial charge < -0.3 is 15.1 Å². The fourth-order valence-electron chi connectivity index (χ4n) is 2.60. The lowest BCUT2D eigenvalue weighted by atomic mass is 10.0. The van der Waals surface area contributed by atoms with Gasteiger partial charge in [-0.3, -0.25) is 9.59 Å². The van der Waals surface area contributed by atoms with E-state index in [9.17, 15) is 9.59 Å². The van der Waals surface area contributed by atoms with Crippen molar-refractivity contribution in [2.75, 3.05) is 13.1 Å². The van der Waals surface area contributed by atoms with Crippen molar-refractivity contribution in [1.82, 2.24) is 10.6 Å². The maximum atomic E-state index is 11.6. The van der Waals surface area contributed by atoms with Crippen molar-refractivity contribution in [1.29, 1.82) is 0 Å². The average Bonchev–Trinajstić information content (AvgIpc) is 3.13. The summed E-state index contributed by atoms with van der Waals surface area (Å²) in [4.78, 5) is 23.2. The standard InChI is InChI=1S/C15H22N2O3/c18-14(8-7-12-4-1-2-5-12)16-9-10-17-15(19)13-6-3-11-20-13/h3,6,11-12H,1-2,4-5,7-10H2,(H,16,18)(H,17,19). The summed E-state index contributed by atoms with van der Waals surface area (Å²) in [7, 11) is 0. The average molecular weight is 278 g/mol. The highest BCUT2D eigenvalue weighted by Crippen LogP contribution is 2.28. The molecule has 0 spiro atoms. The minimum absolute atomic E-state index is 0.0733. The van der Waals surface area contributed by atoms with Crippen LogP contribution in [-0.4, -0.2) is 24.9 Å². The Bertz CT molecular complexity index is 422. The molecule has 2 amide bonds. The van der Waals surface area contributed by atoms with Crippen LogP contribution < -0.4 is 10.6 Å². The van der Waals surface area contributed by atoms with Crippen LogP contribution in [0.4, 0.5) is 0 Å². The van der Waals surface area contributed by atoms with Gasteiger partial charge in [0, 0.05) is 19.5 Å². The Morgan fingerprint density at radius 1 is 1.20 bits per heavy atom. The summed E-state index contributed by atoms with van der Waals surface area (Å²) >= 11 is 0. The smallest absolute Gasteiger partial charge is 0.287 e. The molecule has 1 saturated carbocycles. The third-order valence-corrected chi connectivity index (χ3v) is 3.73. The molecule has 20 heavy (non-hydrogen) atoms. The third kappa shape index (κ3) is 4.72. The zero-order valence-corrected chi connectivity index (χ0v) is 11.7. The minimum Gasteiger partial charge on any atom is -0.459 e. The molecule has 5 heteroatoms. The second kappa shape index (κ2) is 7.72. The van der Waals surface area contributed by atoms with E-state index < -0.39 is 0 Å². The summed E-state index contributed by atoms with van der Waals surface area (Å²) in [5.74, 6) is 0.844. The topological polar surface area (TPSA) is 71.3 Å². The number of nitrogens with one attached hydrogen (secondary N) is 2. The molecule has 1 aromatic heterocycles. The van der Waals surface area contributed by atoms with Crippen LogP contribution in [0, 0.1) is 5.92 Å². The molecule has 0 aliphatic heterocycles. The zero-order valence-electron chi connectivity index (χ0n) is 11.7. The first-order valence-electron chi connectivity index (χ1n) is 7.34.